The monoisotopic (exact) mass is 459 g/mol. The minimum atomic E-state index is -4.71. The Morgan fingerprint density at radius 3 is 2.29 bits per heavy atom. The number of amides is 2. The molecule has 2 amide bonds. The second-order valence-corrected chi connectivity index (χ2v) is 9.12. The van der Waals surface area contributed by atoms with E-state index >= 15 is 0 Å². The van der Waals surface area contributed by atoms with Crippen LogP contribution in [0.15, 0.2) is 35.5 Å². The number of carbonyl (C=O) groups is 2. The van der Waals surface area contributed by atoms with Crippen molar-refractivity contribution < 1.29 is 31.2 Å². The lowest BCUT2D eigenvalue weighted by Crippen LogP contribution is -2.49. The molecule has 1 saturated heterocycles. The van der Waals surface area contributed by atoms with Crippen LogP contribution in [0.1, 0.15) is 21.5 Å². The van der Waals surface area contributed by atoms with E-state index in [0.29, 0.717) is 31.7 Å². The van der Waals surface area contributed by atoms with Crippen molar-refractivity contribution in [2.75, 3.05) is 32.4 Å². The summed E-state index contributed by atoms with van der Waals surface area (Å²) in [6.07, 6.45) is -2.45. The highest BCUT2D eigenvalue weighted by Gasteiger charge is 2.35. The second kappa shape index (κ2) is 8.30. The van der Waals surface area contributed by atoms with Gasteiger partial charge in [-0.25, -0.2) is 13.2 Å². The molecule has 2 heterocycles. The fourth-order valence-corrected chi connectivity index (χ4v) is 3.80. The van der Waals surface area contributed by atoms with Gasteiger partial charge in [0.2, 0.25) is 5.91 Å². The Hall–Kier alpha value is -2.93. The Morgan fingerprint density at radius 1 is 1.13 bits per heavy atom. The van der Waals surface area contributed by atoms with E-state index < -0.39 is 39.1 Å². The summed E-state index contributed by atoms with van der Waals surface area (Å²) in [5.74, 6) is -1.15. The van der Waals surface area contributed by atoms with Crippen LogP contribution in [0.4, 0.5) is 18.0 Å². The molecule has 2 N–H and O–H groups in total. The van der Waals surface area contributed by atoms with Gasteiger partial charge in [0.15, 0.2) is 14.9 Å². The SMILES string of the molecule is CS(=O)(=O)c1ccn(C(=O)N2CCN(Cc3ccc(C(N)=O)c(C(F)(F)F)c3)CC2)n1. The summed E-state index contributed by atoms with van der Waals surface area (Å²) in [7, 11) is -3.53. The normalized spacial score (nSPS) is 15.8. The molecule has 0 saturated carbocycles. The minimum absolute atomic E-state index is 0.199. The molecule has 13 heteroatoms. The molecule has 168 valence electrons. The molecule has 0 bridgehead atoms. The summed E-state index contributed by atoms with van der Waals surface area (Å²) in [6.45, 7) is 1.57. The van der Waals surface area contributed by atoms with Crippen molar-refractivity contribution >= 4 is 21.8 Å². The smallest absolute Gasteiger partial charge is 0.366 e. The van der Waals surface area contributed by atoms with Gasteiger partial charge < -0.3 is 10.6 Å². The number of hydrogen-bond donors (Lipinski definition) is 1. The van der Waals surface area contributed by atoms with Gasteiger partial charge in [-0.15, -0.1) is 0 Å². The predicted octanol–water partition coefficient (Wildman–Crippen LogP) is 1.19. The van der Waals surface area contributed by atoms with Gasteiger partial charge in [0.05, 0.1) is 11.1 Å². The van der Waals surface area contributed by atoms with Crippen LogP contribution >= 0.6 is 0 Å². The number of carbonyl (C=O) groups excluding carboxylic acids is 2. The van der Waals surface area contributed by atoms with E-state index in [0.717, 1.165) is 23.1 Å². The third kappa shape index (κ3) is 5.22. The topological polar surface area (TPSA) is 119 Å². The maximum atomic E-state index is 13.2. The molecule has 1 aromatic heterocycles. The molecule has 3 rings (SSSR count). The largest absolute Gasteiger partial charge is 0.417 e. The van der Waals surface area contributed by atoms with Crippen LogP contribution in [0.5, 0.6) is 0 Å². The van der Waals surface area contributed by atoms with Crippen LogP contribution in [-0.2, 0) is 22.6 Å². The lowest BCUT2D eigenvalue weighted by Gasteiger charge is -2.34. The highest BCUT2D eigenvalue weighted by molar-refractivity contribution is 7.90. The van der Waals surface area contributed by atoms with Crippen LogP contribution in [-0.4, -0.2) is 72.4 Å². The zero-order valence-corrected chi connectivity index (χ0v) is 17.3. The first-order valence-electron chi connectivity index (χ1n) is 9.13. The lowest BCUT2D eigenvalue weighted by molar-refractivity contribution is -0.138. The van der Waals surface area contributed by atoms with Crippen molar-refractivity contribution in [3.05, 3.63) is 47.2 Å². The molecule has 1 aromatic carbocycles. The number of benzene rings is 1. The van der Waals surface area contributed by atoms with Crippen molar-refractivity contribution in [3.8, 4) is 0 Å². The first-order chi connectivity index (χ1) is 14.4. The lowest BCUT2D eigenvalue weighted by atomic mass is 10.0. The molecule has 0 unspecified atom stereocenters. The third-order valence-electron chi connectivity index (χ3n) is 4.84. The quantitative estimate of drug-likeness (QED) is 0.734. The molecular weight excluding hydrogens is 439 g/mol. The highest BCUT2D eigenvalue weighted by atomic mass is 32.2. The molecule has 0 aliphatic carbocycles. The number of nitrogens with zero attached hydrogens (tertiary/aromatic N) is 4. The molecule has 1 aliphatic heterocycles. The van der Waals surface area contributed by atoms with Crippen molar-refractivity contribution in [2.24, 2.45) is 5.73 Å². The highest BCUT2D eigenvalue weighted by Crippen LogP contribution is 2.33. The van der Waals surface area contributed by atoms with Crippen LogP contribution in [0.25, 0.3) is 0 Å². The summed E-state index contributed by atoms with van der Waals surface area (Å²) in [6, 6.07) is 4.14. The van der Waals surface area contributed by atoms with E-state index in [1.54, 1.807) is 0 Å². The molecule has 0 spiro atoms. The Balaban J connectivity index is 1.64. The average molecular weight is 459 g/mol. The predicted molar refractivity (Wildman–Crippen MR) is 103 cm³/mol. The zero-order chi connectivity index (χ0) is 23.0. The van der Waals surface area contributed by atoms with E-state index in [1.165, 1.54) is 23.2 Å². The fourth-order valence-electron chi connectivity index (χ4n) is 3.25. The van der Waals surface area contributed by atoms with Crippen molar-refractivity contribution in [1.29, 1.82) is 0 Å². The van der Waals surface area contributed by atoms with Crippen LogP contribution < -0.4 is 5.73 Å². The van der Waals surface area contributed by atoms with Crippen LogP contribution in [0.3, 0.4) is 0 Å². The molecule has 1 aliphatic rings. The molecule has 31 heavy (non-hydrogen) atoms. The van der Waals surface area contributed by atoms with E-state index in [2.05, 4.69) is 5.10 Å². The Morgan fingerprint density at radius 2 is 1.77 bits per heavy atom. The number of halogens is 3. The molecule has 2 aromatic rings. The van der Waals surface area contributed by atoms with Gasteiger partial charge in [0.25, 0.3) is 0 Å². The Bertz CT molecular complexity index is 1110. The van der Waals surface area contributed by atoms with Crippen LogP contribution in [0.2, 0.25) is 0 Å². The average Bonchev–Trinajstić information content (AvgIpc) is 3.18. The second-order valence-electron chi connectivity index (χ2n) is 7.16. The van der Waals surface area contributed by atoms with Gasteiger partial charge in [-0.3, -0.25) is 9.69 Å². The molecule has 0 radical (unpaired) electrons. The van der Waals surface area contributed by atoms with E-state index in [9.17, 15) is 31.2 Å². The van der Waals surface area contributed by atoms with Crippen molar-refractivity contribution in [1.82, 2.24) is 19.6 Å². The van der Waals surface area contributed by atoms with Gasteiger partial charge in [0, 0.05) is 45.2 Å². The molecule has 1 fully saturated rings. The minimum Gasteiger partial charge on any atom is -0.366 e. The number of sulfone groups is 1. The number of rotatable bonds is 4. The van der Waals surface area contributed by atoms with Gasteiger partial charge in [0.1, 0.15) is 0 Å². The van der Waals surface area contributed by atoms with E-state index in [1.807, 2.05) is 4.90 Å². The molecule has 9 nitrogen and oxygen atoms in total. The van der Waals surface area contributed by atoms with Crippen molar-refractivity contribution in [3.63, 3.8) is 0 Å². The first-order valence-corrected chi connectivity index (χ1v) is 11.0. The van der Waals surface area contributed by atoms with Gasteiger partial charge >= 0.3 is 12.2 Å². The Kier molecular flexibility index (Phi) is 6.09. The van der Waals surface area contributed by atoms with Crippen LogP contribution in [0, 0.1) is 0 Å². The van der Waals surface area contributed by atoms with Gasteiger partial charge in [-0.1, -0.05) is 6.07 Å². The summed E-state index contributed by atoms with van der Waals surface area (Å²) in [5.41, 5.74) is 3.74. The number of nitrogens with two attached hydrogens (primary N) is 1. The standard InChI is InChI=1S/C18H20F3N5O4S/c1-31(29,30)15-4-5-26(23-15)17(28)25-8-6-24(7-9-25)11-12-2-3-13(16(22)27)14(10-12)18(19,20)21/h2-5,10H,6-9,11H2,1H3,(H2,22,27). The number of primary amides is 1. The summed E-state index contributed by atoms with van der Waals surface area (Å²) in [5, 5.41) is 3.57. The fraction of sp³-hybridized carbons (Fsp3) is 0.389. The van der Waals surface area contributed by atoms with Gasteiger partial charge in [-0.2, -0.15) is 23.0 Å². The van der Waals surface area contributed by atoms with Crippen molar-refractivity contribution in [2.45, 2.75) is 17.7 Å². The van der Waals surface area contributed by atoms with Gasteiger partial charge in [-0.05, 0) is 23.8 Å². The zero-order valence-electron chi connectivity index (χ0n) is 16.5. The maximum Gasteiger partial charge on any atom is 0.417 e. The van der Waals surface area contributed by atoms with E-state index in [4.69, 9.17) is 5.73 Å². The molecular formula is C18H20F3N5O4S. The summed E-state index contributed by atoms with van der Waals surface area (Å²) >= 11 is 0. The number of piperazine rings is 1. The third-order valence-corrected chi connectivity index (χ3v) is 5.82. The summed E-state index contributed by atoms with van der Waals surface area (Å²) < 4.78 is 63.7. The number of alkyl halides is 3. The number of aromatic nitrogens is 2. The summed E-state index contributed by atoms with van der Waals surface area (Å²) in [4.78, 5) is 27.1. The first kappa shape index (κ1) is 22.7. The number of hydrogen-bond acceptors (Lipinski definition) is 6. The van der Waals surface area contributed by atoms with E-state index in [-0.39, 0.29) is 11.6 Å². The molecule has 0 atom stereocenters. The Labute approximate surface area is 176 Å². The maximum absolute atomic E-state index is 13.2.